The van der Waals surface area contributed by atoms with Gasteiger partial charge in [-0.2, -0.15) is 0 Å². The molecular weight excluding hydrogens is 1070 g/mol. The van der Waals surface area contributed by atoms with Crippen LogP contribution in [-0.2, 0) is 21.7 Å². The molecule has 0 unspecified atom stereocenters. The van der Waals surface area contributed by atoms with Gasteiger partial charge in [-0.05, 0) is 180 Å². The highest BCUT2D eigenvalue weighted by molar-refractivity contribution is 6.11. The highest BCUT2D eigenvalue weighted by Crippen LogP contribution is 2.53. The van der Waals surface area contributed by atoms with E-state index in [9.17, 15) is 0 Å². The van der Waals surface area contributed by atoms with E-state index in [1.165, 1.54) is 60.7 Å². The van der Waals surface area contributed by atoms with Crippen molar-refractivity contribution in [1.29, 1.82) is 0 Å². The molecule has 430 valence electrons. The third kappa shape index (κ3) is 8.43. The molecule has 6 nitrogen and oxygen atoms in total. The van der Waals surface area contributed by atoms with Gasteiger partial charge in [-0.15, -0.1) is 0 Å². The monoisotopic (exact) mass is 1140 g/mol. The topological polar surface area (TPSA) is 40.8 Å². The van der Waals surface area contributed by atoms with E-state index in [1.807, 2.05) is 6.20 Å². The summed E-state index contributed by atoms with van der Waals surface area (Å²) >= 11 is 0. The lowest BCUT2D eigenvalue weighted by molar-refractivity contribution is -0.571. The fourth-order valence-electron chi connectivity index (χ4n) is 14.6. The Balaban J connectivity index is 0.975. The Morgan fingerprint density at radius 1 is 0.432 bits per heavy atom. The van der Waals surface area contributed by atoms with Gasteiger partial charge in [0.15, 0.2) is 0 Å². The zero-order valence-corrected chi connectivity index (χ0v) is 51.9. The van der Waals surface area contributed by atoms with Gasteiger partial charge in [-0.25, -0.2) is 4.98 Å². The summed E-state index contributed by atoms with van der Waals surface area (Å²) in [6.45, 7) is 23.4. The van der Waals surface area contributed by atoms with Gasteiger partial charge in [-0.3, -0.25) is 13.7 Å². The minimum Gasteiger partial charge on any atom is -0.458 e. The van der Waals surface area contributed by atoms with E-state index in [4.69, 9.17) is 9.72 Å². The smallest absolute Gasteiger partial charge is 0.269 e. The molecule has 0 amide bonds. The van der Waals surface area contributed by atoms with Crippen molar-refractivity contribution in [3.63, 3.8) is 0 Å². The molecule has 16 rings (SSSR count). The summed E-state index contributed by atoms with van der Waals surface area (Å²) in [6.07, 6.45) is 8.35. The van der Waals surface area contributed by atoms with Crippen molar-refractivity contribution >= 4 is 54.6 Å². The molecule has 1 aliphatic heterocycles. The SMILES string of the molecule is CC(C)(C)c1ccc(-c2cc3c4c(c2)n(-c2cccc(Oc5ccc6c7ccccc7n(-c7cc(C(C)(C)C)ccn7)c6c5)c2)[c-][n+]4-c2c(cccc2-n2c4ccccc4c4ccccc42)-c2cc4c(cc2-c2ccccc2-3)C(C)(C)CCC4(C)C)cc1. The van der Waals surface area contributed by atoms with E-state index in [1.54, 1.807) is 0 Å². The average Bonchev–Trinajstić information content (AvgIpc) is 1.47. The minimum absolute atomic E-state index is 0.00138. The molecule has 14 aromatic rings. The van der Waals surface area contributed by atoms with E-state index < -0.39 is 0 Å². The summed E-state index contributed by atoms with van der Waals surface area (Å²) < 4.78 is 16.5. The molecule has 1 aliphatic carbocycles. The average molecular weight is 1140 g/mol. The van der Waals surface area contributed by atoms with Crippen molar-refractivity contribution in [3.05, 3.63) is 253 Å². The zero-order chi connectivity index (χ0) is 60.2. The van der Waals surface area contributed by atoms with Crippen molar-refractivity contribution in [2.45, 2.75) is 104 Å². The van der Waals surface area contributed by atoms with Crippen molar-refractivity contribution < 1.29 is 9.30 Å². The molecular formula is C82H71N5O. The molecule has 0 saturated carbocycles. The minimum atomic E-state index is -0.0453. The van der Waals surface area contributed by atoms with Crippen LogP contribution in [0.5, 0.6) is 11.5 Å². The molecule has 0 fully saturated rings. The Bertz CT molecular complexity index is 5150. The second-order valence-electron chi connectivity index (χ2n) is 28.1. The highest BCUT2D eigenvalue weighted by Gasteiger charge is 2.39. The van der Waals surface area contributed by atoms with E-state index in [2.05, 4.69) is 312 Å². The Labute approximate surface area is 515 Å². The molecule has 88 heavy (non-hydrogen) atoms. The van der Waals surface area contributed by atoms with Crippen LogP contribution >= 0.6 is 0 Å². The fourth-order valence-corrected chi connectivity index (χ4v) is 14.6. The lowest BCUT2D eigenvalue weighted by Crippen LogP contribution is -2.34. The van der Waals surface area contributed by atoms with Gasteiger partial charge in [0.1, 0.15) is 17.3 Å². The van der Waals surface area contributed by atoms with Crippen LogP contribution in [0.2, 0.25) is 0 Å². The molecule has 0 saturated heterocycles. The largest absolute Gasteiger partial charge is 0.458 e. The van der Waals surface area contributed by atoms with E-state index in [0.717, 1.165) is 102 Å². The van der Waals surface area contributed by atoms with Crippen LogP contribution in [0, 0.1) is 6.33 Å². The first-order chi connectivity index (χ1) is 42.4. The van der Waals surface area contributed by atoms with E-state index >= 15 is 0 Å². The quantitative estimate of drug-likeness (QED) is 0.123. The standard InChI is InChI=1S/C82H71N5O/c1-79(2,3)53-35-33-51(34-36-53)52-43-67-59-24-12-11-23-58(59)65-48-68-69(82(9,10)41-40-81(68,7)8)49-66(65)64-28-20-32-73(86-70-29-16-13-25-60(70)61-26-14-17-30-71(61)86)77(64)85-50-84(75(44-52)78(67)85)55-21-19-22-56(46-55)88-57-37-38-63-62-27-15-18-31-72(62)87(74(63)47-57)76-45-54(39-42-83-76)80(4,5)6/h11-39,42-49H,40-41H2,1-10H3. The van der Waals surface area contributed by atoms with E-state index in [-0.39, 0.29) is 21.7 Å². The molecule has 10 aromatic carbocycles. The predicted molar refractivity (Wildman–Crippen MR) is 365 cm³/mol. The Hall–Kier alpha value is -9.78. The van der Waals surface area contributed by atoms with Gasteiger partial charge in [0.05, 0.1) is 50.2 Å². The summed E-state index contributed by atoms with van der Waals surface area (Å²) in [6, 6.07) is 81.1. The Kier molecular flexibility index (Phi) is 11.8. The second-order valence-corrected chi connectivity index (χ2v) is 28.1. The summed E-state index contributed by atoms with van der Waals surface area (Å²) in [4.78, 5) is 4.98. The van der Waals surface area contributed by atoms with Gasteiger partial charge in [0.25, 0.3) is 6.33 Å². The van der Waals surface area contributed by atoms with Crippen LogP contribution in [0.1, 0.15) is 104 Å². The summed E-state index contributed by atoms with van der Waals surface area (Å²) in [5.74, 6) is 2.33. The number of fused-ring (bicyclic) bond motifs is 14. The van der Waals surface area contributed by atoms with Gasteiger partial charge in [0, 0.05) is 33.8 Å². The fraction of sp³-hybridized carbons (Fsp3) is 0.195. The maximum atomic E-state index is 7.08. The van der Waals surface area contributed by atoms with Crippen LogP contribution in [-0.4, -0.2) is 18.7 Å². The third-order valence-corrected chi connectivity index (χ3v) is 19.5. The van der Waals surface area contributed by atoms with Gasteiger partial charge < -0.3 is 9.30 Å². The van der Waals surface area contributed by atoms with Crippen LogP contribution in [0.3, 0.4) is 0 Å². The first-order valence-corrected chi connectivity index (χ1v) is 31.2. The number of aromatic nitrogens is 5. The van der Waals surface area contributed by atoms with Crippen molar-refractivity contribution in [1.82, 2.24) is 18.7 Å². The number of para-hydroxylation sites is 4. The van der Waals surface area contributed by atoms with Gasteiger partial charge in [0.2, 0.25) is 0 Å². The molecule has 5 heterocycles. The number of pyridine rings is 1. The maximum absolute atomic E-state index is 7.08. The van der Waals surface area contributed by atoms with Crippen molar-refractivity contribution in [2.75, 3.05) is 0 Å². The molecule has 0 N–H and O–H groups in total. The van der Waals surface area contributed by atoms with Gasteiger partial charge in [-0.1, -0.05) is 203 Å². The molecule has 0 atom stereocenters. The number of benzene rings is 10. The number of imidazole rings is 1. The summed E-state index contributed by atoms with van der Waals surface area (Å²) in [5, 5.41) is 4.74. The number of nitrogens with zero attached hydrogens (tertiary/aromatic N) is 5. The van der Waals surface area contributed by atoms with Crippen LogP contribution in [0.4, 0.5) is 0 Å². The maximum Gasteiger partial charge on any atom is 0.269 e. The molecule has 4 aromatic heterocycles. The summed E-state index contributed by atoms with van der Waals surface area (Å²) in [7, 11) is 0. The molecule has 0 radical (unpaired) electrons. The molecule has 6 heteroatoms. The predicted octanol–water partition coefficient (Wildman–Crippen LogP) is 21.0. The van der Waals surface area contributed by atoms with Crippen LogP contribution in [0.25, 0.3) is 122 Å². The normalized spacial score (nSPS) is 14.3. The van der Waals surface area contributed by atoms with Crippen LogP contribution in [0.15, 0.2) is 225 Å². The second kappa shape index (κ2) is 19.4. The number of hydrogen-bond donors (Lipinski definition) is 0. The number of ether oxygens (including phenoxy) is 1. The molecule has 0 spiro atoms. The summed E-state index contributed by atoms with van der Waals surface area (Å²) in [5.41, 5.74) is 24.2. The zero-order valence-electron chi connectivity index (χ0n) is 51.9. The first kappa shape index (κ1) is 53.7. The molecule has 2 aliphatic rings. The number of hydrogen-bond acceptors (Lipinski definition) is 2. The van der Waals surface area contributed by atoms with Crippen molar-refractivity contribution in [2.24, 2.45) is 0 Å². The highest BCUT2D eigenvalue weighted by atomic mass is 16.5. The Morgan fingerprint density at radius 3 is 1.64 bits per heavy atom. The van der Waals surface area contributed by atoms with Crippen molar-refractivity contribution in [3.8, 4) is 78.9 Å². The lowest BCUT2D eigenvalue weighted by atomic mass is 9.62. The van der Waals surface area contributed by atoms with Gasteiger partial charge >= 0.3 is 0 Å². The molecule has 0 bridgehead atoms. The number of rotatable bonds is 6. The van der Waals surface area contributed by atoms with Crippen LogP contribution < -0.4 is 9.30 Å². The third-order valence-electron chi connectivity index (χ3n) is 19.5. The first-order valence-electron chi connectivity index (χ1n) is 31.2. The Morgan fingerprint density at radius 2 is 0.989 bits per heavy atom. The van der Waals surface area contributed by atoms with E-state index in [0.29, 0.717) is 5.75 Å². The lowest BCUT2D eigenvalue weighted by Gasteiger charge is -2.42.